The predicted molar refractivity (Wildman–Crippen MR) is 74.4 cm³/mol. The van der Waals surface area contributed by atoms with Gasteiger partial charge in [-0.25, -0.2) is 0 Å². The van der Waals surface area contributed by atoms with Gasteiger partial charge in [-0.2, -0.15) is 0 Å². The van der Waals surface area contributed by atoms with Crippen LogP contribution in [-0.2, 0) is 4.79 Å². The highest BCUT2D eigenvalue weighted by Gasteiger charge is 2.08. The lowest BCUT2D eigenvalue weighted by Gasteiger charge is -2.05. The van der Waals surface area contributed by atoms with Crippen molar-refractivity contribution in [2.24, 2.45) is 0 Å². The highest BCUT2D eigenvalue weighted by molar-refractivity contribution is 5.98. The van der Waals surface area contributed by atoms with Crippen molar-refractivity contribution in [3.63, 3.8) is 0 Å². The summed E-state index contributed by atoms with van der Waals surface area (Å²) >= 11 is 0. The maximum atomic E-state index is 11.9. The second-order valence-corrected chi connectivity index (χ2v) is 3.97. The Morgan fingerprint density at radius 1 is 1.26 bits per heavy atom. The average Bonchev–Trinajstić information content (AvgIpc) is 2.43. The molecule has 0 aromatic heterocycles. The Morgan fingerprint density at radius 3 is 2.53 bits per heavy atom. The number of carbonyl (C=O) groups excluding carboxylic acids is 2. The second kappa shape index (κ2) is 8.08. The zero-order valence-corrected chi connectivity index (χ0v) is 11.1. The van der Waals surface area contributed by atoms with Gasteiger partial charge in [0, 0.05) is 24.9 Å². The fourth-order valence-electron chi connectivity index (χ4n) is 1.55. The monoisotopic (exact) mass is 261 g/mol. The summed E-state index contributed by atoms with van der Waals surface area (Å²) in [7, 11) is 0. The molecule has 1 N–H and O–H groups in total. The molecule has 0 fully saturated rings. The zero-order chi connectivity index (χ0) is 14.1. The molecular formula is C15H19NO3. The molecule has 0 bridgehead atoms. The molecular weight excluding hydrogens is 242 g/mol. The SMILES string of the molecule is C=CCNC(=O)CCC(=O)c1ccc(OCC)cc1. The number of benzene rings is 1. The third-order valence-corrected chi connectivity index (χ3v) is 2.51. The normalized spacial score (nSPS) is 9.74. The van der Waals surface area contributed by atoms with Crippen LogP contribution in [0.4, 0.5) is 0 Å². The van der Waals surface area contributed by atoms with Gasteiger partial charge >= 0.3 is 0 Å². The van der Waals surface area contributed by atoms with Gasteiger partial charge < -0.3 is 10.1 Å². The lowest BCUT2D eigenvalue weighted by Crippen LogP contribution is -2.23. The van der Waals surface area contributed by atoms with Crippen LogP contribution in [0.5, 0.6) is 5.75 Å². The largest absolute Gasteiger partial charge is 0.494 e. The molecule has 1 aromatic rings. The maximum Gasteiger partial charge on any atom is 0.220 e. The molecule has 0 heterocycles. The smallest absolute Gasteiger partial charge is 0.220 e. The first kappa shape index (κ1) is 15.0. The van der Waals surface area contributed by atoms with Crippen LogP contribution >= 0.6 is 0 Å². The standard InChI is InChI=1S/C15H19NO3/c1-3-11-16-15(18)10-9-14(17)12-5-7-13(8-6-12)19-4-2/h3,5-8H,1,4,9-11H2,2H3,(H,16,18). The van der Waals surface area contributed by atoms with E-state index < -0.39 is 0 Å². The molecule has 0 radical (unpaired) electrons. The Labute approximate surface area is 113 Å². The van der Waals surface area contributed by atoms with Crippen molar-refractivity contribution < 1.29 is 14.3 Å². The fraction of sp³-hybridized carbons (Fsp3) is 0.333. The Hall–Kier alpha value is -2.10. The first-order valence-electron chi connectivity index (χ1n) is 6.31. The molecule has 0 aliphatic carbocycles. The molecule has 1 rings (SSSR count). The number of ketones is 1. The van der Waals surface area contributed by atoms with Crippen LogP contribution in [0.15, 0.2) is 36.9 Å². The van der Waals surface area contributed by atoms with E-state index in [1.807, 2.05) is 6.92 Å². The van der Waals surface area contributed by atoms with E-state index >= 15 is 0 Å². The Balaban J connectivity index is 2.44. The Bertz CT molecular complexity index is 437. The van der Waals surface area contributed by atoms with Crippen LogP contribution in [0, 0.1) is 0 Å². The minimum atomic E-state index is -0.140. The van der Waals surface area contributed by atoms with Gasteiger partial charge in [0.1, 0.15) is 5.75 Å². The van der Waals surface area contributed by atoms with E-state index in [0.717, 1.165) is 5.75 Å². The van der Waals surface area contributed by atoms with Crippen LogP contribution in [-0.4, -0.2) is 24.8 Å². The molecule has 0 saturated heterocycles. The summed E-state index contributed by atoms with van der Waals surface area (Å²) in [6.07, 6.45) is 2.00. The minimum absolute atomic E-state index is 0.0446. The van der Waals surface area contributed by atoms with Crippen molar-refractivity contribution in [2.75, 3.05) is 13.2 Å². The van der Waals surface area contributed by atoms with E-state index in [0.29, 0.717) is 18.7 Å². The number of nitrogens with one attached hydrogen (secondary N) is 1. The number of rotatable bonds is 8. The number of hydrogen-bond donors (Lipinski definition) is 1. The number of carbonyl (C=O) groups is 2. The summed E-state index contributed by atoms with van der Waals surface area (Å²) < 4.78 is 5.30. The first-order chi connectivity index (χ1) is 9.17. The van der Waals surface area contributed by atoms with Crippen molar-refractivity contribution >= 4 is 11.7 Å². The van der Waals surface area contributed by atoms with E-state index in [2.05, 4.69) is 11.9 Å². The highest BCUT2D eigenvalue weighted by Crippen LogP contribution is 2.13. The van der Waals surface area contributed by atoms with Crippen molar-refractivity contribution in [2.45, 2.75) is 19.8 Å². The zero-order valence-electron chi connectivity index (χ0n) is 11.1. The van der Waals surface area contributed by atoms with Gasteiger partial charge in [-0.3, -0.25) is 9.59 Å². The summed E-state index contributed by atoms with van der Waals surface area (Å²) in [6.45, 7) is 6.43. The van der Waals surface area contributed by atoms with E-state index in [1.165, 1.54) is 0 Å². The summed E-state index contributed by atoms with van der Waals surface area (Å²) in [5.41, 5.74) is 0.597. The van der Waals surface area contributed by atoms with E-state index in [-0.39, 0.29) is 24.5 Å². The number of Topliss-reactive ketones (excluding diaryl/α,β-unsaturated/α-hetero) is 1. The van der Waals surface area contributed by atoms with Crippen molar-refractivity contribution in [1.82, 2.24) is 5.32 Å². The quantitative estimate of drug-likeness (QED) is 0.577. The Morgan fingerprint density at radius 2 is 1.95 bits per heavy atom. The molecule has 4 heteroatoms. The maximum absolute atomic E-state index is 11.9. The van der Waals surface area contributed by atoms with Crippen LogP contribution in [0.1, 0.15) is 30.1 Å². The van der Waals surface area contributed by atoms with Crippen LogP contribution < -0.4 is 10.1 Å². The van der Waals surface area contributed by atoms with E-state index in [1.54, 1.807) is 30.3 Å². The number of amides is 1. The topological polar surface area (TPSA) is 55.4 Å². The van der Waals surface area contributed by atoms with E-state index in [9.17, 15) is 9.59 Å². The molecule has 0 spiro atoms. The first-order valence-corrected chi connectivity index (χ1v) is 6.31. The van der Waals surface area contributed by atoms with Crippen LogP contribution in [0.2, 0.25) is 0 Å². The van der Waals surface area contributed by atoms with E-state index in [4.69, 9.17) is 4.74 Å². The minimum Gasteiger partial charge on any atom is -0.494 e. The van der Waals surface area contributed by atoms with Crippen molar-refractivity contribution in [1.29, 1.82) is 0 Å². The lowest BCUT2D eigenvalue weighted by atomic mass is 10.1. The van der Waals surface area contributed by atoms with Gasteiger partial charge in [-0.1, -0.05) is 6.08 Å². The number of hydrogen-bond acceptors (Lipinski definition) is 3. The van der Waals surface area contributed by atoms with Crippen molar-refractivity contribution in [3.05, 3.63) is 42.5 Å². The fourth-order valence-corrected chi connectivity index (χ4v) is 1.55. The molecule has 0 saturated carbocycles. The van der Waals surface area contributed by atoms with Crippen LogP contribution in [0.25, 0.3) is 0 Å². The van der Waals surface area contributed by atoms with Gasteiger partial charge in [-0.05, 0) is 31.2 Å². The summed E-state index contributed by atoms with van der Waals surface area (Å²) in [5, 5.41) is 2.64. The molecule has 19 heavy (non-hydrogen) atoms. The van der Waals surface area contributed by atoms with Gasteiger partial charge in [0.15, 0.2) is 5.78 Å². The molecule has 0 atom stereocenters. The predicted octanol–water partition coefficient (Wildman–Crippen LogP) is 2.35. The average molecular weight is 261 g/mol. The third-order valence-electron chi connectivity index (χ3n) is 2.51. The van der Waals surface area contributed by atoms with Crippen molar-refractivity contribution in [3.8, 4) is 5.75 Å². The molecule has 0 aliphatic heterocycles. The molecule has 1 aromatic carbocycles. The lowest BCUT2D eigenvalue weighted by molar-refractivity contribution is -0.120. The highest BCUT2D eigenvalue weighted by atomic mass is 16.5. The van der Waals surface area contributed by atoms with Gasteiger partial charge in [0.25, 0.3) is 0 Å². The molecule has 0 unspecified atom stereocenters. The molecule has 1 amide bonds. The molecule has 102 valence electrons. The van der Waals surface area contributed by atoms with Gasteiger partial charge in [0.05, 0.1) is 6.61 Å². The molecule has 4 nitrogen and oxygen atoms in total. The van der Waals surface area contributed by atoms with Gasteiger partial charge in [-0.15, -0.1) is 6.58 Å². The van der Waals surface area contributed by atoms with Crippen LogP contribution in [0.3, 0.4) is 0 Å². The Kier molecular flexibility index (Phi) is 6.36. The number of ether oxygens (including phenoxy) is 1. The summed E-state index contributed by atoms with van der Waals surface area (Å²) in [5.74, 6) is 0.554. The second-order valence-electron chi connectivity index (χ2n) is 3.97. The summed E-state index contributed by atoms with van der Waals surface area (Å²) in [6, 6.07) is 6.95. The van der Waals surface area contributed by atoms with Gasteiger partial charge in [0.2, 0.25) is 5.91 Å². The molecule has 0 aliphatic rings. The summed E-state index contributed by atoms with van der Waals surface area (Å²) in [4.78, 5) is 23.2. The third kappa shape index (κ3) is 5.38.